The van der Waals surface area contributed by atoms with Crippen LogP contribution in [-0.4, -0.2) is 43.0 Å². The van der Waals surface area contributed by atoms with Gasteiger partial charge >= 0.3 is 0 Å². The van der Waals surface area contributed by atoms with Crippen molar-refractivity contribution in [3.63, 3.8) is 0 Å². The molecule has 0 heterocycles. The summed E-state index contributed by atoms with van der Waals surface area (Å²) in [4.78, 5) is 27.6. The van der Waals surface area contributed by atoms with E-state index in [1.165, 1.54) is 0 Å². The number of nitrogens with one attached hydrogen (secondary N) is 1. The number of aryl methyl sites for hydroxylation is 2. The molecule has 174 valence electrons. The molecule has 1 N–H and O–H groups in total. The Balaban J connectivity index is 2.24. The van der Waals surface area contributed by atoms with Crippen molar-refractivity contribution < 1.29 is 19.1 Å². The van der Waals surface area contributed by atoms with Crippen molar-refractivity contribution in [1.82, 2.24) is 10.2 Å². The number of rotatable bonds is 11. The fourth-order valence-corrected chi connectivity index (χ4v) is 3.58. The summed E-state index contributed by atoms with van der Waals surface area (Å²) in [5.74, 6) is 0.838. The van der Waals surface area contributed by atoms with Crippen molar-refractivity contribution >= 4 is 23.4 Å². The molecule has 1 atom stereocenters. The Hall–Kier alpha value is -2.73. The number of amides is 2. The van der Waals surface area contributed by atoms with Gasteiger partial charge in [0.05, 0.1) is 7.11 Å². The van der Waals surface area contributed by atoms with E-state index in [-0.39, 0.29) is 25.0 Å². The Bertz CT molecular complexity index is 909. The lowest BCUT2D eigenvalue weighted by molar-refractivity contribution is -0.143. The molecule has 0 saturated heterocycles. The topological polar surface area (TPSA) is 67.9 Å². The minimum atomic E-state index is -0.599. The minimum absolute atomic E-state index is 0.163. The third kappa shape index (κ3) is 6.89. The summed E-state index contributed by atoms with van der Waals surface area (Å²) in [6, 6.07) is 10.5. The molecule has 2 rings (SSSR count). The number of halogens is 1. The van der Waals surface area contributed by atoms with Gasteiger partial charge in [-0.25, -0.2) is 0 Å². The number of benzene rings is 2. The maximum absolute atomic E-state index is 13.3. The molecule has 0 unspecified atom stereocenters. The number of hydrogen-bond donors (Lipinski definition) is 1. The van der Waals surface area contributed by atoms with Crippen molar-refractivity contribution in [2.75, 3.05) is 20.3 Å². The van der Waals surface area contributed by atoms with Gasteiger partial charge in [0.2, 0.25) is 5.91 Å². The molecule has 2 amide bonds. The molecule has 0 radical (unpaired) electrons. The van der Waals surface area contributed by atoms with Gasteiger partial charge in [0, 0.05) is 18.1 Å². The quantitative estimate of drug-likeness (QED) is 0.528. The van der Waals surface area contributed by atoms with Crippen LogP contribution >= 0.6 is 11.6 Å². The Kier molecular flexibility index (Phi) is 9.85. The molecule has 0 aromatic heterocycles. The van der Waals surface area contributed by atoms with Crippen LogP contribution in [0.5, 0.6) is 11.5 Å². The summed E-state index contributed by atoms with van der Waals surface area (Å²) >= 11 is 6.23. The summed E-state index contributed by atoms with van der Waals surface area (Å²) in [7, 11) is 1.60. The summed E-state index contributed by atoms with van der Waals surface area (Å²) in [6.07, 6.45) is 1.31. The van der Waals surface area contributed by atoms with Crippen LogP contribution in [0.3, 0.4) is 0 Å². The standard InChI is InChI=1S/C25H33ClN2O4/c1-6-11-27-25(30)22(7-2)28(15-19-9-8-10-20(14-19)31-5)23(29)16-32-21-12-17(3)24(26)18(4)13-21/h8-10,12-14,22H,6-7,11,15-16H2,1-5H3,(H,27,30)/t22-/m0/s1. The SMILES string of the molecule is CCCNC(=O)[C@H](CC)N(Cc1cccc(OC)c1)C(=O)COc1cc(C)c(Cl)c(C)c1. The molecule has 0 spiro atoms. The van der Waals surface area contributed by atoms with E-state index in [2.05, 4.69) is 5.32 Å². The first kappa shape index (κ1) is 25.5. The van der Waals surface area contributed by atoms with E-state index in [1.807, 2.05) is 52.0 Å². The molecule has 0 fully saturated rings. The lowest BCUT2D eigenvalue weighted by atomic mass is 10.1. The van der Waals surface area contributed by atoms with Crippen molar-refractivity contribution in [3.05, 3.63) is 58.1 Å². The Morgan fingerprint density at radius 2 is 1.78 bits per heavy atom. The second-order valence-corrected chi connectivity index (χ2v) is 8.13. The second-order valence-electron chi connectivity index (χ2n) is 7.75. The third-order valence-corrected chi connectivity index (χ3v) is 5.79. The molecule has 0 aliphatic heterocycles. The summed E-state index contributed by atoms with van der Waals surface area (Å²) in [6.45, 7) is 8.34. The first-order valence-corrected chi connectivity index (χ1v) is 11.3. The highest BCUT2D eigenvalue weighted by molar-refractivity contribution is 6.32. The highest BCUT2D eigenvalue weighted by Gasteiger charge is 2.29. The molecule has 2 aromatic rings. The van der Waals surface area contributed by atoms with Gasteiger partial charge < -0.3 is 19.7 Å². The van der Waals surface area contributed by atoms with Crippen molar-refractivity contribution in [3.8, 4) is 11.5 Å². The average molecular weight is 461 g/mol. The van der Waals surface area contributed by atoms with Crippen LogP contribution in [0.15, 0.2) is 36.4 Å². The van der Waals surface area contributed by atoms with E-state index in [4.69, 9.17) is 21.1 Å². The highest BCUT2D eigenvalue weighted by atomic mass is 35.5. The van der Waals surface area contributed by atoms with Crippen LogP contribution in [0.2, 0.25) is 5.02 Å². The predicted molar refractivity (Wildman–Crippen MR) is 127 cm³/mol. The van der Waals surface area contributed by atoms with E-state index >= 15 is 0 Å². The Morgan fingerprint density at radius 3 is 2.38 bits per heavy atom. The van der Waals surface area contributed by atoms with Crippen molar-refractivity contribution in [1.29, 1.82) is 0 Å². The van der Waals surface area contributed by atoms with E-state index in [0.717, 1.165) is 23.1 Å². The normalized spacial score (nSPS) is 11.6. The molecule has 32 heavy (non-hydrogen) atoms. The van der Waals surface area contributed by atoms with Gasteiger partial charge in [0.1, 0.15) is 17.5 Å². The molecule has 0 aliphatic carbocycles. The molecule has 2 aromatic carbocycles. The first-order chi connectivity index (χ1) is 15.3. The Labute approximate surface area is 195 Å². The van der Waals surface area contributed by atoms with Crippen molar-refractivity contribution in [2.45, 2.75) is 53.1 Å². The fraction of sp³-hybridized carbons (Fsp3) is 0.440. The second kappa shape index (κ2) is 12.3. The predicted octanol–water partition coefficient (Wildman–Crippen LogP) is 4.68. The first-order valence-electron chi connectivity index (χ1n) is 10.9. The molecule has 0 bridgehead atoms. The molecular weight excluding hydrogens is 428 g/mol. The molecule has 7 heteroatoms. The number of methoxy groups -OCH3 is 1. The van der Waals surface area contributed by atoms with Gasteiger partial charge in [-0.3, -0.25) is 9.59 Å². The number of carbonyl (C=O) groups excluding carboxylic acids is 2. The van der Waals surface area contributed by atoms with Crippen LogP contribution < -0.4 is 14.8 Å². The minimum Gasteiger partial charge on any atom is -0.497 e. The number of nitrogens with zero attached hydrogens (tertiary/aromatic N) is 1. The lowest BCUT2D eigenvalue weighted by Crippen LogP contribution is -2.50. The zero-order valence-corrected chi connectivity index (χ0v) is 20.3. The molecule has 0 aliphatic rings. The highest BCUT2D eigenvalue weighted by Crippen LogP contribution is 2.26. The van der Waals surface area contributed by atoms with E-state index in [0.29, 0.717) is 29.5 Å². The fourth-order valence-electron chi connectivity index (χ4n) is 3.47. The van der Waals surface area contributed by atoms with Crippen LogP contribution in [0.4, 0.5) is 0 Å². The smallest absolute Gasteiger partial charge is 0.261 e. The maximum Gasteiger partial charge on any atom is 0.261 e. The van der Waals surface area contributed by atoms with Gasteiger partial charge in [0.15, 0.2) is 6.61 Å². The van der Waals surface area contributed by atoms with Crippen LogP contribution in [0.25, 0.3) is 0 Å². The maximum atomic E-state index is 13.3. The monoisotopic (exact) mass is 460 g/mol. The van der Waals surface area contributed by atoms with Gasteiger partial charge in [-0.2, -0.15) is 0 Å². The zero-order chi connectivity index (χ0) is 23.7. The summed E-state index contributed by atoms with van der Waals surface area (Å²) < 4.78 is 11.1. The lowest BCUT2D eigenvalue weighted by Gasteiger charge is -2.30. The average Bonchev–Trinajstić information content (AvgIpc) is 2.79. The Morgan fingerprint density at radius 1 is 1.09 bits per heavy atom. The summed E-state index contributed by atoms with van der Waals surface area (Å²) in [5.41, 5.74) is 2.64. The van der Waals surface area contributed by atoms with Gasteiger partial charge in [-0.05, 0) is 67.6 Å². The summed E-state index contributed by atoms with van der Waals surface area (Å²) in [5, 5.41) is 3.59. The van der Waals surface area contributed by atoms with Crippen LogP contribution in [0.1, 0.15) is 43.4 Å². The van der Waals surface area contributed by atoms with E-state index in [9.17, 15) is 9.59 Å². The van der Waals surface area contributed by atoms with E-state index < -0.39 is 6.04 Å². The van der Waals surface area contributed by atoms with Gasteiger partial charge in [-0.15, -0.1) is 0 Å². The number of hydrogen-bond acceptors (Lipinski definition) is 4. The van der Waals surface area contributed by atoms with Crippen molar-refractivity contribution in [2.24, 2.45) is 0 Å². The van der Waals surface area contributed by atoms with Gasteiger partial charge in [0.25, 0.3) is 5.91 Å². The van der Waals surface area contributed by atoms with E-state index in [1.54, 1.807) is 24.1 Å². The number of ether oxygens (including phenoxy) is 2. The van der Waals surface area contributed by atoms with Crippen LogP contribution in [-0.2, 0) is 16.1 Å². The molecule has 0 saturated carbocycles. The molecule has 6 nitrogen and oxygen atoms in total. The molecular formula is C25H33ClN2O4. The zero-order valence-electron chi connectivity index (χ0n) is 19.5. The third-order valence-electron chi connectivity index (χ3n) is 5.19. The van der Waals surface area contributed by atoms with Gasteiger partial charge in [-0.1, -0.05) is 37.6 Å². The van der Waals surface area contributed by atoms with Crippen LogP contribution in [0, 0.1) is 13.8 Å². The number of carbonyl (C=O) groups is 2. The largest absolute Gasteiger partial charge is 0.497 e.